The third-order valence-corrected chi connectivity index (χ3v) is 2.30. The first-order valence-corrected chi connectivity index (χ1v) is 4.79. The Bertz CT molecular complexity index is 361. The number of pyridine rings is 1. The fourth-order valence-corrected chi connectivity index (χ4v) is 1.60. The lowest BCUT2D eigenvalue weighted by Crippen LogP contribution is -2.34. The van der Waals surface area contributed by atoms with Crippen molar-refractivity contribution < 1.29 is 14.6 Å². The molecule has 0 saturated carbocycles. The Balaban J connectivity index is 2.29. The summed E-state index contributed by atoms with van der Waals surface area (Å²) in [5.74, 6) is -0.965. The minimum absolute atomic E-state index is 0.214. The van der Waals surface area contributed by atoms with Gasteiger partial charge in [0.2, 0.25) is 0 Å². The van der Waals surface area contributed by atoms with Crippen LogP contribution < -0.4 is 5.32 Å². The van der Waals surface area contributed by atoms with Gasteiger partial charge in [0.05, 0.1) is 17.9 Å². The number of morpholine rings is 1. The molecule has 2 rings (SSSR count). The number of carboxylic acids is 1. The smallest absolute Gasteiger partial charge is 0.337 e. The standard InChI is InChI=1S/C10H12N2O3/c13-10(14)7-2-1-3-12-9(7)8-6-11-4-5-15-8/h1-3,8,11H,4-6H2,(H,13,14). The molecule has 5 nitrogen and oxygen atoms in total. The summed E-state index contributed by atoms with van der Waals surface area (Å²) in [5.41, 5.74) is 0.711. The Hall–Kier alpha value is -1.46. The lowest BCUT2D eigenvalue weighted by Gasteiger charge is -2.23. The van der Waals surface area contributed by atoms with E-state index in [2.05, 4.69) is 10.3 Å². The molecule has 1 aliphatic heterocycles. The maximum absolute atomic E-state index is 10.9. The lowest BCUT2D eigenvalue weighted by atomic mass is 10.1. The van der Waals surface area contributed by atoms with Crippen molar-refractivity contribution in [3.63, 3.8) is 0 Å². The zero-order valence-electron chi connectivity index (χ0n) is 8.14. The van der Waals surface area contributed by atoms with Gasteiger partial charge in [0.25, 0.3) is 0 Å². The molecule has 0 radical (unpaired) electrons. The van der Waals surface area contributed by atoms with Crippen molar-refractivity contribution in [2.24, 2.45) is 0 Å². The van der Waals surface area contributed by atoms with Crippen LogP contribution in [-0.2, 0) is 4.74 Å². The number of carboxylic acid groups (broad SMARTS) is 1. The van der Waals surface area contributed by atoms with Gasteiger partial charge in [-0.2, -0.15) is 0 Å². The summed E-state index contributed by atoms with van der Waals surface area (Å²) in [6.45, 7) is 1.99. The number of aromatic carboxylic acids is 1. The van der Waals surface area contributed by atoms with Crippen molar-refractivity contribution in [1.82, 2.24) is 10.3 Å². The molecule has 5 heteroatoms. The molecule has 80 valence electrons. The van der Waals surface area contributed by atoms with Gasteiger partial charge < -0.3 is 15.2 Å². The molecular weight excluding hydrogens is 196 g/mol. The Kier molecular flexibility index (Phi) is 2.94. The van der Waals surface area contributed by atoms with E-state index in [0.29, 0.717) is 18.8 Å². The van der Waals surface area contributed by atoms with Crippen LogP contribution in [0.15, 0.2) is 18.3 Å². The summed E-state index contributed by atoms with van der Waals surface area (Å²) in [6, 6.07) is 3.16. The number of nitrogens with one attached hydrogen (secondary N) is 1. The second kappa shape index (κ2) is 4.37. The molecule has 1 atom stereocenters. The third-order valence-electron chi connectivity index (χ3n) is 2.30. The minimum atomic E-state index is -0.965. The van der Waals surface area contributed by atoms with Crippen LogP contribution in [0.3, 0.4) is 0 Å². The highest BCUT2D eigenvalue weighted by molar-refractivity contribution is 5.88. The van der Waals surface area contributed by atoms with Crippen molar-refractivity contribution in [3.05, 3.63) is 29.6 Å². The van der Waals surface area contributed by atoms with E-state index in [4.69, 9.17) is 9.84 Å². The number of hydrogen-bond acceptors (Lipinski definition) is 4. The van der Waals surface area contributed by atoms with Crippen LogP contribution in [0.1, 0.15) is 22.2 Å². The predicted octanol–water partition coefficient (Wildman–Crippen LogP) is 0.441. The number of hydrogen-bond donors (Lipinski definition) is 2. The molecule has 1 fully saturated rings. The van der Waals surface area contributed by atoms with Crippen LogP contribution in [0.25, 0.3) is 0 Å². The highest BCUT2D eigenvalue weighted by Gasteiger charge is 2.22. The number of ether oxygens (including phenoxy) is 1. The number of rotatable bonds is 2. The molecule has 1 aliphatic rings. The molecule has 0 bridgehead atoms. The number of aromatic nitrogens is 1. The highest BCUT2D eigenvalue weighted by atomic mass is 16.5. The van der Waals surface area contributed by atoms with Gasteiger partial charge in [-0.05, 0) is 12.1 Å². The first kappa shape index (κ1) is 10.1. The minimum Gasteiger partial charge on any atom is -0.478 e. The normalized spacial score (nSPS) is 21.2. The topological polar surface area (TPSA) is 71.5 Å². The first-order valence-electron chi connectivity index (χ1n) is 4.79. The van der Waals surface area contributed by atoms with Crippen molar-refractivity contribution in [2.75, 3.05) is 19.7 Å². The molecule has 0 aromatic carbocycles. The second-order valence-corrected chi connectivity index (χ2v) is 3.30. The molecule has 1 saturated heterocycles. The van der Waals surface area contributed by atoms with Crippen molar-refractivity contribution >= 4 is 5.97 Å². The quantitative estimate of drug-likeness (QED) is 0.738. The van der Waals surface area contributed by atoms with Crippen LogP contribution in [0.2, 0.25) is 0 Å². The molecule has 0 spiro atoms. The first-order chi connectivity index (χ1) is 7.29. The zero-order valence-corrected chi connectivity index (χ0v) is 8.14. The van der Waals surface area contributed by atoms with Crippen LogP contribution >= 0.6 is 0 Å². The van der Waals surface area contributed by atoms with E-state index < -0.39 is 5.97 Å². The molecule has 0 aliphatic carbocycles. The van der Waals surface area contributed by atoms with Gasteiger partial charge in [-0.25, -0.2) is 4.79 Å². The summed E-state index contributed by atoms with van der Waals surface area (Å²) in [6.07, 6.45) is 1.32. The highest BCUT2D eigenvalue weighted by Crippen LogP contribution is 2.20. The maximum atomic E-state index is 10.9. The number of carbonyl (C=O) groups is 1. The van der Waals surface area contributed by atoms with Gasteiger partial charge in [-0.3, -0.25) is 4.98 Å². The molecule has 2 N–H and O–H groups in total. The third kappa shape index (κ3) is 2.14. The van der Waals surface area contributed by atoms with Crippen LogP contribution in [0.4, 0.5) is 0 Å². The van der Waals surface area contributed by atoms with Gasteiger partial charge >= 0.3 is 5.97 Å². The average Bonchev–Trinajstić information content (AvgIpc) is 2.30. The average molecular weight is 208 g/mol. The van der Waals surface area contributed by atoms with E-state index in [1.807, 2.05) is 0 Å². The molecule has 1 aromatic heterocycles. The van der Waals surface area contributed by atoms with Gasteiger partial charge in [0.15, 0.2) is 0 Å². The lowest BCUT2D eigenvalue weighted by molar-refractivity contribution is 0.0236. The predicted molar refractivity (Wildman–Crippen MR) is 52.8 cm³/mol. The summed E-state index contributed by atoms with van der Waals surface area (Å²) >= 11 is 0. The van der Waals surface area contributed by atoms with Crippen LogP contribution in [0.5, 0.6) is 0 Å². The van der Waals surface area contributed by atoms with Gasteiger partial charge in [0.1, 0.15) is 6.10 Å². The summed E-state index contributed by atoms with van der Waals surface area (Å²) < 4.78 is 5.47. The fourth-order valence-electron chi connectivity index (χ4n) is 1.60. The molecule has 0 amide bonds. The fraction of sp³-hybridized carbons (Fsp3) is 0.400. The van der Waals surface area contributed by atoms with E-state index in [1.165, 1.54) is 0 Å². The molecule has 15 heavy (non-hydrogen) atoms. The van der Waals surface area contributed by atoms with Crippen molar-refractivity contribution in [1.29, 1.82) is 0 Å². The molecule has 2 heterocycles. The second-order valence-electron chi connectivity index (χ2n) is 3.30. The van der Waals surface area contributed by atoms with Crippen LogP contribution in [0, 0.1) is 0 Å². The van der Waals surface area contributed by atoms with Crippen molar-refractivity contribution in [3.8, 4) is 0 Å². The van der Waals surface area contributed by atoms with Gasteiger partial charge in [0, 0.05) is 19.3 Å². The molecule has 1 aromatic rings. The SMILES string of the molecule is O=C(O)c1cccnc1C1CNCCO1. The Morgan fingerprint density at radius 3 is 3.20 bits per heavy atom. The molecule has 1 unspecified atom stereocenters. The summed E-state index contributed by atoms with van der Waals surface area (Å²) in [4.78, 5) is 15.0. The van der Waals surface area contributed by atoms with Crippen molar-refractivity contribution in [2.45, 2.75) is 6.10 Å². The van der Waals surface area contributed by atoms with E-state index >= 15 is 0 Å². The van der Waals surface area contributed by atoms with E-state index in [-0.39, 0.29) is 11.7 Å². The monoisotopic (exact) mass is 208 g/mol. The molecular formula is C10H12N2O3. The Morgan fingerprint density at radius 2 is 2.53 bits per heavy atom. The Morgan fingerprint density at radius 1 is 1.67 bits per heavy atom. The van der Waals surface area contributed by atoms with Crippen LogP contribution in [-0.4, -0.2) is 35.8 Å². The number of nitrogens with zero attached hydrogens (tertiary/aromatic N) is 1. The largest absolute Gasteiger partial charge is 0.478 e. The van der Waals surface area contributed by atoms with Gasteiger partial charge in [-0.1, -0.05) is 0 Å². The Labute approximate surface area is 87.1 Å². The van der Waals surface area contributed by atoms with E-state index in [9.17, 15) is 4.79 Å². The van der Waals surface area contributed by atoms with Gasteiger partial charge in [-0.15, -0.1) is 0 Å². The summed E-state index contributed by atoms with van der Waals surface area (Å²) in [5, 5.41) is 12.1. The maximum Gasteiger partial charge on any atom is 0.337 e. The van der Waals surface area contributed by atoms with E-state index in [0.717, 1.165) is 6.54 Å². The summed E-state index contributed by atoms with van der Waals surface area (Å²) in [7, 11) is 0. The van der Waals surface area contributed by atoms with E-state index in [1.54, 1.807) is 18.3 Å². The zero-order chi connectivity index (χ0) is 10.7.